The first-order valence-electron chi connectivity index (χ1n) is 10.4. The van der Waals surface area contributed by atoms with Gasteiger partial charge in [0.1, 0.15) is 12.4 Å². The molecular formula is C20H31N7O3S. The van der Waals surface area contributed by atoms with Gasteiger partial charge in [-0.2, -0.15) is 5.10 Å². The van der Waals surface area contributed by atoms with Crippen LogP contribution in [0.1, 0.15) is 30.6 Å². The zero-order chi connectivity index (χ0) is 22.3. The highest BCUT2D eigenvalue weighted by Gasteiger charge is 2.22. The van der Waals surface area contributed by atoms with Gasteiger partial charge in [-0.3, -0.25) is 4.99 Å². The van der Waals surface area contributed by atoms with Crippen LogP contribution in [0, 0.1) is 6.92 Å². The molecule has 0 spiro atoms. The normalized spacial score (nSPS) is 16.7. The number of nitrogens with one attached hydrogen (secondary N) is 3. The molecule has 2 heterocycles. The Morgan fingerprint density at radius 2 is 2.10 bits per heavy atom. The Labute approximate surface area is 183 Å². The van der Waals surface area contributed by atoms with Gasteiger partial charge in [0.05, 0.1) is 18.0 Å². The molecule has 1 atom stereocenters. The number of methoxy groups -OCH3 is 1. The van der Waals surface area contributed by atoms with Crippen LogP contribution in [0.3, 0.4) is 0 Å². The van der Waals surface area contributed by atoms with Crippen LogP contribution in [0.4, 0.5) is 0 Å². The van der Waals surface area contributed by atoms with Crippen molar-refractivity contribution in [1.29, 1.82) is 0 Å². The molecular weight excluding hydrogens is 418 g/mol. The van der Waals surface area contributed by atoms with Gasteiger partial charge in [-0.15, -0.1) is 0 Å². The van der Waals surface area contributed by atoms with Crippen molar-refractivity contribution >= 4 is 16.0 Å². The largest absolute Gasteiger partial charge is 0.377 e. The van der Waals surface area contributed by atoms with Gasteiger partial charge >= 0.3 is 0 Å². The second-order valence-corrected chi connectivity index (χ2v) is 9.18. The lowest BCUT2D eigenvalue weighted by molar-refractivity contribution is 0.177. The molecule has 1 aromatic carbocycles. The van der Waals surface area contributed by atoms with Crippen molar-refractivity contribution in [3.05, 3.63) is 41.5 Å². The van der Waals surface area contributed by atoms with Gasteiger partial charge in [-0.25, -0.2) is 22.8 Å². The van der Waals surface area contributed by atoms with Gasteiger partial charge in [-0.1, -0.05) is 17.7 Å². The average molecular weight is 450 g/mol. The summed E-state index contributed by atoms with van der Waals surface area (Å²) in [6.45, 7) is 6.25. The maximum atomic E-state index is 12.4. The number of guanidine groups is 1. The van der Waals surface area contributed by atoms with E-state index in [9.17, 15) is 8.42 Å². The van der Waals surface area contributed by atoms with Crippen molar-refractivity contribution in [1.82, 2.24) is 30.1 Å². The average Bonchev–Trinajstić information content (AvgIpc) is 3.13. The molecule has 0 radical (unpaired) electrons. The zero-order valence-corrected chi connectivity index (χ0v) is 19.1. The van der Waals surface area contributed by atoms with E-state index in [0.29, 0.717) is 38.0 Å². The summed E-state index contributed by atoms with van der Waals surface area (Å²) in [6, 6.07) is 6.93. The summed E-state index contributed by atoms with van der Waals surface area (Å²) in [7, 11) is -1.91. The molecule has 1 unspecified atom stereocenters. The fourth-order valence-electron chi connectivity index (χ4n) is 3.33. The maximum Gasteiger partial charge on any atom is 0.240 e. The summed E-state index contributed by atoms with van der Waals surface area (Å²) in [5.74, 6) is 2.32. The molecule has 170 valence electrons. The molecule has 1 aromatic heterocycles. The first kappa shape index (κ1) is 23.2. The monoisotopic (exact) mass is 449 g/mol. The minimum Gasteiger partial charge on any atom is -0.377 e. The van der Waals surface area contributed by atoms with E-state index in [1.54, 1.807) is 31.4 Å². The number of ether oxygens (including phenoxy) is 1. The summed E-state index contributed by atoms with van der Waals surface area (Å²) in [4.78, 5) is 9.26. The van der Waals surface area contributed by atoms with Crippen LogP contribution in [0.15, 0.2) is 34.2 Å². The van der Waals surface area contributed by atoms with Gasteiger partial charge in [-0.05, 0) is 32.4 Å². The smallest absolute Gasteiger partial charge is 0.240 e. The summed E-state index contributed by atoms with van der Waals surface area (Å²) < 4.78 is 34.4. The van der Waals surface area contributed by atoms with Crippen LogP contribution < -0.4 is 15.4 Å². The molecule has 0 saturated carbocycles. The van der Waals surface area contributed by atoms with E-state index >= 15 is 0 Å². The number of aryl methyl sites for hydroxylation is 2. The molecule has 31 heavy (non-hydrogen) atoms. The van der Waals surface area contributed by atoms with Crippen LogP contribution >= 0.6 is 0 Å². The molecule has 2 aromatic rings. The van der Waals surface area contributed by atoms with Crippen molar-refractivity contribution in [2.24, 2.45) is 4.99 Å². The molecule has 10 nitrogen and oxygen atoms in total. The number of rotatable bonds is 9. The van der Waals surface area contributed by atoms with Crippen LogP contribution in [0.2, 0.25) is 0 Å². The number of hydrogen-bond donors (Lipinski definition) is 3. The number of sulfonamides is 1. The van der Waals surface area contributed by atoms with E-state index in [0.717, 1.165) is 24.2 Å². The number of hydrogen-bond acceptors (Lipinski definition) is 6. The molecule has 1 aliphatic heterocycles. The third-order valence-corrected chi connectivity index (χ3v) is 6.34. The summed E-state index contributed by atoms with van der Waals surface area (Å²) >= 11 is 0. The summed E-state index contributed by atoms with van der Waals surface area (Å²) in [5, 5.41) is 11.1. The lowest BCUT2D eigenvalue weighted by Gasteiger charge is -2.25. The third-order valence-electron chi connectivity index (χ3n) is 4.87. The predicted molar refractivity (Wildman–Crippen MR) is 118 cm³/mol. The number of aliphatic imine (C=N–C) groups is 1. The van der Waals surface area contributed by atoms with Crippen LogP contribution in [-0.4, -0.2) is 61.9 Å². The molecule has 3 rings (SSSR count). The fraction of sp³-hybridized carbons (Fsp3) is 0.550. The highest BCUT2D eigenvalue weighted by Crippen LogP contribution is 2.13. The van der Waals surface area contributed by atoms with Crippen LogP contribution in [-0.2, 0) is 34.3 Å². The molecule has 11 heteroatoms. The molecule has 0 fully saturated rings. The van der Waals surface area contributed by atoms with Gasteiger partial charge in [0.15, 0.2) is 11.8 Å². The minimum absolute atomic E-state index is 0.159. The second kappa shape index (κ2) is 10.7. The van der Waals surface area contributed by atoms with E-state index in [-0.39, 0.29) is 17.5 Å². The molecule has 0 amide bonds. The van der Waals surface area contributed by atoms with Crippen molar-refractivity contribution in [2.75, 3.05) is 26.7 Å². The Bertz CT molecular complexity index is 987. The standard InChI is InChI=1S/C20H31N7O3S/c1-4-21-20(22-11-12-23-31(28,29)17-8-5-15(2)6-9-17)24-16-7-10-19-25-18(14-30-3)26-27(19)13-16/h5-6,8-9,16,23H,4,7,10-14H2,1-3H3,(H2,21,22,24). The van der Waals surface area contributed by atoms with E-state index in [1.165, 1.54) is 0 Å². The lowest BCUT2D eigenvalue weighted by Crippen LogP contribution is -2.47. The van der Waals surface area contributed by atoms with Gasteiger partial charge in [0, 0.05) is 32.7 Å². The highest BCUT2D eigenvalue weighted by molar-refractivity contribution is 7.89. The van der Waals surface area contributed by atoms with Gasteiger partial charge in [0.2, 0.25) is 10.0 Å². The third kappa shape index (κ3) is 6.49. The SMILES string of the molecule is CCNC(=NCCNS(=O)(=O)c1ccc(C)cc1)NC1CCc2nc(COC)nn2C1. The topological polar surface area (TPSA) is 123 Å². The quantitative estimate of drug-likeness (QED) is 0.291. The highest BCUT2D eigenvalue weighted by atomic mass is 32.2. The Hall–Kier alpha value is -2.50. The van der Waals surface area contributed by atoms with Crippen LogP contribution in [0.5, 0.6) is 0 Å². The predicted octanol–water partition coefficient (Wildman–Crippen LogP) is 0.581. The number of benzene rings is 1. The minimum atomic E-state index is -3.54. The summed E-state index contributed by atoms with van der Waals surface area (Å²) in [5.41, 5.74) is 1.01. The molecule has 0 aliphatic carbocycles. The van der Waals surface area contributed by atoms with E-state index in [4.69, 9.17) is 4.74 Å². The van der Waals surface area contributed by atoms with Crippen molar-refractivity contribution < 1.29 is 13.2 Å². The fourth-order valence-corrected chi connectivity index (χ4v) is 4.35. The number of nitrogens with zero attached hydrogens (tertiary/aromatic N) is 4. The van der Waals surface area contributed by atoms with E-state index in [2.05, 4.69) is 30.4 Å². The van der Waals surface area contributed by atoms with Crippen molar-refractivity contribution in [3.63, 3.8) is 0 Å². The molecule has 0 bridgehead atoms. The first-order chi connectivity index (χ1) is 14.9. The van der Waals surface area contributed by atoms with Crippen molar-refractivity contribution in [3.8, 4) is 0 Å². The molecule has 0 saturated heterocycles. The second-order valence-electron chi connectivity index (χ2n) is 7.41. The Morgan fingerprint density at radius 3 is 2.81 bits per heavy atom. The zero-order valence-electron chi connectivity index (χ0n) is 18.3. The maximum absolute atomic E-state index is 12.4. The van der Waals surface area contributed by atoms with E-state index in [1.807, 2.05) is 18.5 Å². The Balaban J connectivity index is 1.53. The molecule has 3 N–H and O–H groups in total. The van der Waals surface area contributed by atoms with Gasteiger partial charge in [0.25, 0.3) is 0 Å². The summed E-state index contributed by atoms with van der Waals surface area (Å²) in [6.07, 6.45) is 1.74. The number of aromatic nitrogens is 3. The Morgan fingerprint density at radius 1 is 1.32 bits per heavy atom. The molecule has 1 aliphatic rings. The van der Waals surface area contributed by atoms with Gasteiger partial charge < -0.3 is 15.4 Å². The Kier molecular flexibility index (Phi) is 7.99. The number of fused-ring (bicyclic) bond motifs is 1. The lowest BCUT2D eigenvalue weighted by atomic mass is 10.1. The first-order valence-corrected chi connectivity index (χ1v) is 11.9. The van der Waals surface area contributed by atoms with E-state index < -0.39 is 10.0 Å². The van der Waals surface area contributed by atoms with Crippen molar-refractivity contribution in [2.45, 2.75) is 50.8 Å². The van der Waals surface area contributed by atoms with Crippen LogP contribution in [0.25, 0.3) is 0 Å².